The van der Waals surface area contributed by atoms with Gasteiger partial charge >= 0.3 is 0 Å². The van der Waals surface area contributed by atoms with Crippen LogP contribution < -0.4 is 0 Å². The molecule has 0 fully saturated rings. The summed E-state index contributed by atoms with van der Waals surface area (Å²) in [6.45, 7) is 2.14. The lowest BCUT2D eigenvalue weighted by Crippen LogP contribution is -2.00. The highest BCUT2D eigenvalue weighted by molar-refractivity contribution is 6.19. The molecule has 10 aromatic carbocycles. The van der Waals surface area contributed by atoms with Gasteiger partial charge < -0.3 is 0 Å². The number of benzene rings is 10. The van der Waals surface area contributed by atoms with Gasteiger partial charge in [-0.1, -0.05) is 291 Å². The molecule has 0 aliphatic heterocycles. The lowest BCUT2D eigenvalue weighted by Gasteiger charge is -2.21. The second-order valence-electron chi connectivity index (χ2n) is 20.9. The molecule has 3 aliphatic rings. The highest BCUT2D eigenvalue weighted by atomic mass is 14.2. The summed E-state index contributed by atoms with van der Waals surface area (Å²) in [7, 11) is 0. The third-order valence-corrected chi connectivity index (χ3v) is 15.8. The quantitative estimate of drug-likeness (QED) is 0.0895. The van der Waals surface area contributed by atoms with Crippen LogP contribution in [0.1, 0.15) is 77.0 Å². The largest absolute Gasteiger partial charge is 0.0842 e. The van der Waals surface area contributed by atoms with Crippen molar-refractivity contribution in [1.29, 1.82) is 0 Å². The highest BCUT2D eigenvalue weighted by Gasteiger charge is 2.20. The first-order valence-electron chi connectivity index (χ1n) is 28.1. The molecule has 13 rings (SSSR count). The molecular formula is C79H64. The first-order valence-corrected chi connectivity index (χ1v) is 28.1. The van der Waals surface area contributed by atoms with E-state index in [0.29, 0.717) is 5.92 Å². The molecule has 380 valence electrons. The maximum atomic E-state index is 2.46. The molecule has 1 atom stereocenters. The van der Waals surface area contributed by atoms with Crippen LogP contribution in [0.2, 0.25) is 0 Å². The summed E-state index contributed by atoms with van der Waals surface area (Å²) in [4.78, 5) is 0. The van der Waals surface area contributed by atoms with Gasteiger partial charge in [-0.15, -0.1) is 0 Å². The highest BCUT2D eigenvalue weighted by Crippen LogP contribution is 2.44. The summed E-state index contributed by atoms with van der Waals surface area (Å²) in [5.74, 6) is 0.331. The van der Waals surface area contributed by atoms with Gasteiger partial charge in [0.15, 0.2) is 0 Å². The molecule has 0 aromatic heterocycles. The molecule has 0 bridgehead atoms. The van der Waals surface area contributed by atoms with Gasteiger partial charge in [-0.2, -0.15) is 0 Å². The van der Waals surface area contributed by atoms with E-state index >= 15 is 0 Å². The Morgan fingerprint density at radius 1 is 0.418 bits per heavy atom. The van der Waals surface area contributed by atoms with Crippen LogP contribution in [-0.2, 0) is 0 Å². The zero-order chi connectivity index (χ0) is 53.2. The van der Waals surface area contributed by atoms with Gasteiger partial charge in [-0.3, -0.25) is 0 Å². The van der Waals surface area contributed by atoms with Crippen molar-refractivity contribution in [3.63, 3.8) is 0 Å². The summed E-state index contributed by atoms with van der Waals surface area (Å²) in [6, 6.07) is 85.9. The van der Waals surface area contributed by atoms with Crippen molar-refractivity contribution in [3.8, 4) is 33.4 Å². The van der Waals surface area contributed by atoms with Gasteiger partial charge in [0.05, 0.1) is 0 Å². The van der Waals surface area contributed by atoms with E-state index in [2.05, 4.69) is 304 Å². The van der Waals surface area contributed by atoms with Crippen LogP contribution in [0.4, 0.5) is 0 Å². The Morgan fingerprint density at radius 3 is 1.52 bits per heavy atom. The zero-order valence-corrected chi connectivity index (χ0v) is 45.0. The third-order valence-electron chi connectivity index (χ3n) is 15.8. The minimum atomic E-state index is 0.331. The van der Waals surface area contributed by atoms with Gasteiger partial charge in [0.25, 0.3) is 0 Å². The molecule has 79 heavy (non-hydrogen) atoms. The topological polar surface area (TPSA) is 0 Å². The summed E-state index contributed by atoms with van der Waals surface area (Å²) in [5, 5.41) is 5.14. The number of fused-ring (bicyclic) bond motifs is 2. The molecule has 1 unspecified atom stereocenters. The molecule has 0 N–H and O–H groups in total. The lowest BCUT2D eigenvalue weighted by atomic mass is 9.82. The fraction of sp³-hybridized carbons (Fsp3) is 0.0886. The number of allylic oxidation sites excluding steroid dienone is 14. The fourth-order valence-corrected chi connectivity index (χ4v) is 11.7. The molecule has 0 saturated carbocycles. The second-order valence-corrected chi connectivity index (χ2v) is 20.9. The number of hydrogen-bond donors (Lipinski definition) is 0. The Hall–Kier alpha value is -9.36. The molecule has 3 aliphatic carbocycles. The number of hydrogen-bond acceptors (Lipinski definition) is 0. The first-order chi connectivity index (χ1) is 39.1. The van der Waals surface area contributed by atoms with Crippen molar-refractivity contribution >= 4 is 50.4 Å². The summed E-state index contributed by atoms with van der Waals surface area (Å²) in [6.07, 6.45) is 30.9. The van der Waals surface area contributed by atoms with Crippen LogP contribution in [0, 0.1) is 6.92 Å². The normalized spacial score (nSPS) is 15.3. The average Bonchev–Trinajstić information content (AvgIpc) is 3.72. The van der Waals surface area contributed by atoms with Crippen molar-refractivity contribution in [2.45, 2.75) is 44.9 Å². The van der Waals surface area contributed by atoms with Crippen molar-refractivity contribution in [1.82, 2.24) is 0 Å². The fourth-order valence-electron chi connectivity index (χ4n) is 11.7. The summed E-state index contributed by atoms with van der Waals surface area (Å²) < 4.78 is 0. The number of aryl methyl sites for hydroxylation is 1. The standard InChI is InChI=1S/C66H52.C13H12/c1-5-17-53(18-6-1)63(54-19-7-2-8-20-54)45-47-29-33-49(34-30-47)51-37-41-57(42-38-51)65-59-25-13-15-27-61(59)66(62-28-16-14-26-60(62)65)58-43-39-52(40-44-58)50-35-31-48(32-36-50)46-64(55-21-9-3-10-22-55)56-23-11-4-12-24-56;1-11-7-5-6-10-13(11)12-8-3-2-4-9-12/h1-3,5-7,9-11,13-19,21-37,39-46,51H,4,8,12,20,38H2;2-10H,1H3/b63-45-,64-46+;. The molecule has 0 radical (unpaired) electrons. The van der Waals surface area contributed by atoms with E-state index in [9.17, 15) is 0 Å². The maximum absolute atomic E-state index is 2.46. The van der Waals surface area contributed by atoms with Gasteiger partial charge in [-0.25, -0.2) is 0 Å². The predicted molar refractivity (Wildman–Crippen MR) is 341 cm³/mol. The van der Waals surface area contributed by atoms with E-state index in [-0.39, 0.29) is 0 Å². The summed E-state index contributed by atoms with van der Waals surface area (Å²) >= 11 is 0. The SMILES string of the molecule is C1=CCCC(/C(=C\c2ccc(C3C=CC(c4c5ccccc5c(-c5ccc(-c6ccc(/C=C(/C7=CCCC=C7)c7ccccc7)cc6)cc5)c5ccccc45)=CC3)cc2)c2ccccc2)=C1.Cc1ccccc1-c1ccccc1. The summed E-state index contributed by atoms with van der Waals surface area (Å²) in [5.41, 5.74) is 23.1. The monoisotopic (exact) mass is 1010 g/mol. The first kappa shape index (κ1) is 50.5. The van der Waals surface area contributed by atoms with E-state index in [0.717, 1.165) is 32.1 Å². The molecule has 0 heterocycles. The van der Waals surface area contributed by atoms with Crippen LogP contribution in [0.3, 0.4) is 0 Å². The van der Waals surface area contributed by atoms with Crippen LogP contribution in [0.25, 0.3) is 83.8 Å². The van der Waals surface area contributed by atoms with E-state index < -0.39 is 0 Å². The molecule has 0 nitrogen and oxygen atoms in total. The van der Waals surface area contributed by atoms with E-state index in [4.69, 9.17) is 0 Å². The van der Waals surface area contributed by atoms with Crippen molar-refractivity contribution in [3.05, 3.63) is 341 Å². The van der Waals surface area contributed by atoms with Crippen molar-refractivity contribution in [2.24, 2.45) is 0 Å². The van der Waals surface area contributed by atoms with Crippen molar-refractivity contribution in [2.75, 3.05) is 0 Å². The lowest BCUT2D eigenvalue weighted by molar-refractivity contribution is 0.857. The molecule has 0 saturated heterocycles. The van der Waals surface area contributed by atoms with Gasteiger partial charge in [0.2, 0.25) is 0 Å². The van der Waals surface area contributed by atoms with E-state index in [1.54, 1.807) is 0 Å². The van der Waals surface area contributed by atoms with Crippen LogP contribution in [0.15, 0.2) is 302 Å². The minimum Gasteiger partial charge on any atom is -0.0842 e. The smallest absolute Gasteiger partial charge is 0.00561 e. The average molecular weight is 1010 g/mol. The minimum absolute atomic E-state index is 0.331. The second kappa shape index (κ2) is 23.9. The Bertz CT molecular complexity index is 3960. The van der Waals surface area contributed by atoms with Gasteiger partial charge in [0.1, 0.15) is 0 Å². The predicted octanol–water partition coefficient (Wildman–Crippen LogP) is 21.8. The van der Waals surface area contributed by atoms with Crippen LogP contribution >= 0.6 is 0 Å². The number of rotatable bonds is 11. The molecule has 0 amide bonds. The zero-order valence-electron chi connectivity index (χ0n) is 45.0. The maximum Gasteiger partial charge on any atom is 0.00561 e. The van der Waals surface area contributed by atoms with Crippen LogP contribution in [-0.4, -0.2) is 0 Å². The molecule has 0 spiro atoms. The van der Waals surface area contributed by atoms with E-state index in [1.807, 2.05) is 6.07 Å². The van der Waals surface area contributed by atoms with Gasteiger partial charge in [0, 0.05) is 5.92 Å². The van der Waals surface area contributed by atoms with Gasteiger partial charge in [-0.05, 0) is 173 Å². The van der Waals surface area contributed by atoms with E-state index in [1.165, 1.54) is 122 Å². The Balaban J connectivity index is 0.000000419. The molecular weight excluding hydrogens is 949 g/mol. The Labute approximate surface area is 467 Å². The molecule has 0 heteroatoms. The molecule has 10 aromatic rings. The van der Waals surface area contributed by atoms with Crippen LogP contribution in [0.5, 0.6) is 0 Å². The Kier molecular flexibility index (Phi) is 15.3. The Morgan fingerprint density at radius 2 is 0.949 bits per heavy atom. The van der Waals surface area contributed by atoms with Crippen molar-refractivity contribution < 1.29 is 0 Å². The third kappa shape index (κ3) is 11.4.